The second-order valence-corrected chi connectivity index (χ2v) is 8.57. The van der Waals surface area contributed by atoms with Crippen LogP contribution < -0.4 is 4.90 Å². The number of hydrogen-bond donors (Lipinski definition) is 0. The zero-order valence-corrected chi connectivity index (χ0v) is 18.6. The second-order valence-electron chi connectivity index (χ2n) is 8.57. The van der Waals surface area contributed by atoms with Crippen molar-refractivity contribution in [2.24, 2.45) is 0 Å². The second kappa shape index (κ2) is 7.72. The van der Waals surface area contributed by atoms with Gasteiger partial charge in [0, 0.05) is 18.4 Å². The molecule has 1 fully saturated rings. The number of fused-ring (bicyclic) bond motifs is 3. The number of aryl methyl sites for hydroxylation is 1. The molecule has 0 bridgehead atoms. The standard InChI is InChI=1S/C23H24FN9/c1-3-18-22-30-29-14(2)32(22)19-13-27-23(28-21(19)33(18)16-6-4-5-7-16)31-11-10-25-20(31)17-9-8-15(24)12-26-17/h8-13,16,18H,3-7H2,1-2H3. The number of hydrogen-bond acceptors (Lipinski definition) is 7. The highest BCUT2D eigenvalue weighted by Gasteiger charge is 2.39. The zero-order chi connectivity index (χ0) is 22.5. The summed E-state index contributed by atoms with van der Waals surface area (Å²) in [6.45, 7) is 4.14. The maximum Gasteiger partial charge on any atom is 0.237 e. The van der Waals surface area contributed by atoms with Crippen molar-refractivity contribution in [3.05, 3.63) is 54.4 Å². The Kier molecular flexibility index (Phi) is 4.67. The van der Waals surface area contributed by atoms with Crippen LogP contribution in [0.15, 0.2) is 36.9 Å². The van der Waals surface area contributed by atoms with Gasteiger partial charge in [-0.1, -0.05) is 19.8 Å². The smallest absolute Gasteiger partial charge is 0.237 e. The number of imidazole rings is 1. The topological polar surface area (TPSA) is 90.4 Å². The van der Waals surface area contributed by atoms with Crippen molar-refractivity contribution >= 4 is 5.82 Å². The summed E-state index contributed by atoms with van der Waals surface area (Å²) in [5.74, 6) is 3.34. The van der Waals surface area contributed by atoms with E-state index in [1.165, 1.54) is 25.1 Å². The predicted molar refractivity (Wildman–Crippen MR) is 120 cm³/mol. The van der Waals surface area contributed by atoms with E-state index in [-0.39, 0.29) is 11.9 Å². The Bertz CT molecular complexity index is 1300. The highest BCUT2D eigenvalue weighted by molar-refractivity contribution is 5.64. The van der Waals surface area contributed by atoms with Gasteiger partial charge in [-0.2, -0.15) is 4.98 Å². The van der Waals surface area contributed by atoms with Crippen molar-refractivity contribution in [1.82, 2.24) is 39.3 Å². The van der Waals surface area contributed by atoms with Crippen molar-refractivity contribution in [1.29, 1.82) is 0 Å². The molecule has 0 N–H and O–H groups in total. The minimum atomic E-state index is -0.389. The minimum absolute atomic E-state index is 0.102. The molecule has 1 aliphatic heterocycles. The lowest BCUT2D eigenvalue weighted by Crippen LogP contribution is -2.42. The van der Waals surface area contributed by atoms with Crippen molar-refractivity contribution in [3.63, 3.8) is 0 Å². The Morgan fingerprint density at radius 3 is 2.67 bits per heavy atom. The minimum Gasteiger partial charge on any atom is -0.341 e. The molecule has 1 atom stereocenters. The molecular formula is C23H24FN9. The van der Waals surface area contributed by atoms with Gasteiger partial charge in [0.15, 0.2) is 17.5 Å². The monoisotopic (exact) mass is 445 g/mol. The van der Waals surface area contributed by atoms with E-state index in [2.05, 4.69) is 41.5 Å². The molecular weight excluding hydrogens is 421 g/mol. The van der Waals surface area contributed by atoms with E-state index < -0.39 is 0 Å². The maximum atomic E-state index is 13.4. The third kappa shape index (κ3) is 3.12. The first-order chi connectivity index (χ1) is 16.2. The number of pyridine rings is 1. The van der Waals surface area contributed by atoms with Crippen LogP contribution in [0.5, 0.6) is 0 Å². The molecule has 0 amide bonds. The largest absolute Gasteiger partial charge is 0.341 e. The Labute approximate surface area is 190 Å². The normalized spacial score (nSPS) is 17.9. The summed E-state index contributed by atoms with van der Waals surface area (Å²) in [5.41, 5.74) is 1.45. The van der Waals surface area contributed by atoms with Gasteiger partial charge in [0.25, 0.3) is 0 Å². The number of anilines is 1. The van der Waals surface area contributed by atoms with Gasteiger partial charge in [0.1, 0.15) is 23.0 Å². The molecule has 4 aromatic heterocycles. The van der Waals surface area contributed by atoms with E-state index in [9.17, 15) is 4.39 Å². The summed E-state index contributed by atoms with van der Waals surface area (Å²) < 4.78 is 17.3. The summed E-state index contributed by atoms with van der Waals surface area (Å²) >= 11 is 0. The van der Waals surface area contributed by atoms with E-state index in [4.69, 9.17) is 4.98 Å². The average Bonchev–Trinajstić information content (AvgIpc) is 3.60. The summed E-state index contributed by atoms with van der Waals surface area (Å²) in [4.78, 5) is 20.8. The van der Waals surface area contributed by atoms with Crippen LogP contribution in [0.25, 0.3) is 23.2 Å². The highest BCUT2D eigenvalue weighted by atomic mass is 19.1. The summed E-state index contributed by atoms with van der Waals surface area (Å²) in [6, 6.07) is 3.49. The molecule has 5 heterocycles. The molecule has 1 aliphatic carbocycles. The Morgan fingerprint density at radius 2 is 1.91 bits per heavy atom. The Hall–Kier alpha value is -3.69. The van der Waals surface area contributed by atoms with Crippen molar-refractivity contribution in [2.75, 3.05) is 4.90 Å². The van der Waals surface area contributed by atoms with E-state index >= 15 is 0 Å². The third-order valence-corrected chi connectivity index (χ3v) is 6.62. The lowest BCUT2D eigenvalue weighted by atomic mass is 10.0. The van der Waals surface area contributed by atoms with E-state index in [1.54, 1.807) is 23.0 Å². The number of aromatic nitrogens is 8. The fraction of sp³-hybridized carbons (Fsp3) is 0.391. The fourth-order valence-electron chi connectivity index (χ4n) is 5.14. The van der Waals surface area contributed by atoms with E-state index in [1.807, 2.05) is 13.1 Å². The third-order valence-electron chi connectivity index (χ3n) is 6.62. The molecule has 1 saturated carbocycles. The van der Waals surface area contributed by atoms with Gasteiger partial charge >= 0.3 is 0 Å². The molecule has 4 aromatic rings. The number of rotatable bonds is 4. The summed E-state index contributed by atoms with van der Waals surface area (Å²) in [5, 5.41) is 8.89. The van der Waals surface area contributed by atoms with Gasteiger partial charge in [-0.3, -0.25) is 9.13 Å². The molecule has 6 rings (SSSR count). The molecule has 0 saturated heterocycles. The van der Waals surface area contributed by atoms with Crippen LogP contribution in [-0.4, -0.2) is 45.3 Å². The van der Waals surface area contributed by atoms with Crippen LogP contribution in [0.3, 0.4) is 0 Å². The van der Waals surface area contributed by atoms with Crippen LogP contribution in [0.2, 0.25) is 0 Å². The van der Waals surface area contributed by atoms with Crippen molar-refractivity contribution in [2.45, 2.75) is 58.0 Å². The van der Waals surface area contributed by atoms with Gasteiger partial charge in [-0.25, -0.2) is 19.3 Å². The van der Waals surface area contributed by atoms with Gasteiger partial charge < -0.3 is 4.90 Å². The van der Waals surface area contributed by atoms with Gasteiger partial charge in [0.2, 0.25) is 5.95 Å². The van der Waals surface area contributed by atoms with Crippen LogP contribution in [0.4, 0.5) is 10.2 Å². The van der Waals surface area contributed by atoms with Crippen LogP contribution >= 0.6 is 0 Å². The average molecular weight is 446 g/mol. The van der Waals surface area contributed by atoms with Crippen molar-refractivity contribution < 1.29 is 4.39 Å². The molecule has 168 valence electrons. The summed E-state index contributed by atoms with van der Waals surface area (Å²) in [7, 11) is 0. The number of halogens is 1. The first kappa shape index (κ1) is 20.0. The van der Waals surface area contributed by atoms with Crippen LogP contribution in [0.1, 0.15) is 56.7 Å². The molecule has 2 aliphatic rings. The lowest BCUT2D eigenvalue weighted by Gasteiger charge is -2.41. The lowest BCUT2D eigenvalue weighted by molar-refractivity contribution is 0.467. The molecule has 0 aromatic carbocycles. The quantitative estimate of drug-likeness (QED) is 0.469. The highest BCUT2D eigenvalue weighted by Crippen LogP contribution is 2.43. The molecule has 33 heavy (non-hydrogen) atoms. The van der Waals surface area contributed by atoms with E-state index in [0.717, 1.165) is 42.4 Å². The van der Waals surface area contributed by atoms with Gasteiger partial charge in [-0.15, -0.1) is 10.2 Å². The molecule has 10 heteroatoms. The van der Waals surface area contributed by atoms with Crippen LogP contribution in [0, 0.1) is 12.7 Å². The Morgan fingerprint density at radius 1 is 1.06 bits per heavy atom. The van der Waals surface area contributed by atoms with Crippen molar-refractivity contribution in [3.8, 4) is 23.2 Å². The SMILES string of the molecule is CCC1c2nnc(C)n2-c2cnc(-n3ccnc3-c3ccc(F)cn3)nc2N1C1CCCC1. The van der Waals surface area contributed by atoms with Gasteiger partial charge in [-0.05, 0) is 38.3 Å². The first-order valence-corrected chi connectivity index (χ1v) is 11.4. The number of nitrogens with zero attached hydrogens (tertiary/aromatic N) is 9. The predicted octanol–water partition coefficient (Wildman–Crippen LogP) is 3.97. The maximum absolute atomic E-state index is 13.4. The molecule has 9 nitrogen and oxygen atoms in total. The first-order valence-electron chi connectivity index (χ1n) is 11.4. The van der Waals surface area contributed by atoms with Crippen LogP contribution in [-0.2, 0) is 0 Å². The Balaban J connectivity index is 1.52. The molecule has 0 spiro atoms. The molecule has 0 radical (unpaired) electrons. The summed E-state index contributed by atoms with van der Waals surface area (Å²) in [6.07, 6.45) is 12.1. The zero-order valence-electron chi connectivity index (χ0n) is 18.6. The van der Waals surface area contributed by atoms with Gasteiger partial charge in [0.05, 0.1) is 18.4 Å². The van der Waals surface area contributed by atoms with E-state index in [0.29, 0.717) is 23.5 Å². The fourth-order valence-corrected chi connectivity index (χ4v) is 5.14. The molecule has 1 unspecified atom stereocenters.